The van der Waals surface area contributed by atoms with Gasteiger partial charge < -0.3 is 20.1 Å². The first-order valence-electron chi connectivity index (χ1n) is 4.80. The average Bonchev–Trinajstić information content (AvgIpc) is 2.18. The molecule has 0 aromatic rings. The highest BCUT2D eigenvalue weighted by Gasteiger charge is 2.17. The van der Waals surface area contributed by atoms with E-state index in [9.17, 15) is 9.59 Å². The Labute approximate surface area is 89.2 Å². The average molecular weight is 218 g/mol. The number of carboxylic acids is 1. The quantitative estimate of drug-likeness (QED) is 0.664. The maximum Gasteiger partial charge on any atom is 0.325 e. The highest BCUT2D eigenvalue weighted by Crippen LogP contribution is 1.91. The van der Waals surface area contributed by atoms with Gasteiger partial charge in [-0.15, -0.1) is 0 Å². The Morgan fingerprint density at radius 3 is 2.53 bits per heavy atom. The van der Waals surface area contributed by atoms with E-state index in [1.165, 1.54) is 11.8 Å². The lowest BCUT2D eigenvalue weighted by Gasteiger charge is -2.22. The van der Waals surface area contributed by atoms with Crippen LogP contribution in [0.15, 0.2) is 0 Å². The van der Waals surface area contributed by atoms with Crippen molar-refractivity contribution in [3.05, 3.63) is 0 Å². The van der Waals surface area contributed by atoms with Crippen molar-refractivity contribution in [1.82, 2.24) is 10.2 Å². The number of amides is 2. The van der Waals surface area contributed by atoms with Crippen molar-refractivity contribution >= 4 is 12.0 Å². The molecule has 6 nitrogen and oxygen atoms in total. The largest absolute Gasteiger partial charge is 0.480 e. The molecule has 0 saturated heterocycles. The standard InChI is InChI=1S/C9H18N2O4/c1-4-11(5-6-15-3)9(14)10-7(2)8(12)13/h7H,4-6H2,1-3H3,(H,10,14)(H,12,13)/t7-/m1/s1. The number of hydrogen-bond donors (Lipinski definition) is 2. The highest BCUT2D eigenvalue weighted by atomic mass is 16.5. The van der Waals surface area contributed by atoms with Gasteiger partial charge in [0.05, 0.1) is 6.61 Å². The van der Waals surface area contributed by atoms with Crippen molar-refractivity contribution in [3.8, 4) is 0 Å². The predicted molar refractivity (Wildman–Crippen MR) is 54.8 cm³/mol. The van der Waals surface area contributed by atoms with Crippen molar-refractivity contribution in [2.75, 3.05) is 26.8 Å². The summed E-state index contributed by atoms with van der Waals surface area (Å²) in [5, 5.41) is 11.0. The van der Waals surface area contributed by atoms with Gasteiger partial charge in [-0.2, -0.15) is 0 Å². The van der Waals surface area contributed by atoms with Gasteiger partial charge in [0.15, 0.2) is 0 Å². The van der Waals surface area contributed by atoms with Crippen LogP contribution in [-0.4, -0.2) is 54.9 Å². The van der Waals surface area contributed by atoms with Crippen LogP contribution in [0.4, 0.5) is 4.79 Å². The van der Waals surface area contributed by atoms with E-state index in [-0.39, 0.29) is 6.03 Å². The molecule has 15 heavy (non-hydrogen) atoms. The number of carbonyl (C=O) groups excluding carboxylic acids is 1. The molecular weight excluding hydrogens is 200 g/mol. The minimum Gasteiger partial charge on any atom is -0.480 e. The third kappa shape index (κ3) is 5.21. The molecule has 0 heterocycles. The van der Waals surface area contributed by atoms with Crippen molar-refractivity contribution < 1.29 is 19.4 Å². The summed E-state index contributed by atoms with van der Waals surface area (Å²) in [6, 6.07) is -1.27. The van der Waals surface area contributed by atoms with Gasteiger partial charge >= 0.3 is 12.0 Å². The van der Waals surface area contributed by atoms with Crippen LogP contribution >= 0.6 is 0 Å². The number of carbonyl (C=O) groups is 2. The van der Waals surface area contributed by atoms with Crippen LogP contribution < -0.4 is 5.32 Å². The Morgan fingerprint density at radius 2 is 2.13 bits per heavy atom. The molecule has 0 aliphatic carbocycles. The zero-order valence-corrected chi connectivity index (χ0v) is 9.32. The molecule has 0 aromatic carbocycles. The van der Waals surface area contributed by atoms with Crippen LogP contribution in [0.2, 0.25) is 0 Å². The fourth-order valence-electron chi connectivity index (χ4n) is 0.943. The molecule has 0 radical (unpaired) electrons. The molecule has 0 saturated carbocycles. The van der Waals surface area contributed by atoms with Gasteiger partial charge in [0, 0.05) is 20.2 Å². The van der Waals surface area contributed by atoms with E-state index >= 15 is 0 Å². The van der Waals surface area contributed by atoms with Gasteiger partial charge in [0.25, 0.3) is 0 Å². The summed E-state index contributed by atoms with van der Waals surface area (Å²) in [7, 11) is 1.55. The molecule has 0 spiro atoms. The number of nitrogens with zero attached hydrogens (tertiary/aromatic N) is 1. The zero-order valence-electron chi connectivity index (χ0n) is 9.32. The Morgan fingerprint density at radius 1 is 1.53 bits per heavy atom. The Kier molecular flexibility index (Phi) is 6.44. The molecule has 6 heteroatoms. The topological polar surface area (TPSA) is 78.9 Å². The molecule has 0 bridgehead atoms. The van der Waals surface area contributed by atoms with Crippen molar-refractivity contribution in [2.24, 2.45) is 0 Å². The van der Waals surface area contributed by atoms with Crippen LogP contribution in [0.25, 0.3) is 0 Å². The number of methoxy groups -OCH3 is 1. The molecule has 88 valence electrons. The van der Waals surface area contributed by atoms with Crippen LogP contribution in [-0.2, 0) is 9.53 Å². The summed E-state index contributed by atoms with van der Waals surface area (Å²) < 4.78 is 4.84. The first-order chi connectivity index (χ1) is 7.02. The Hall–Kier alpha value is -1.30. The number of aliphatic carboxylic acids is 1. The summed E-state index contributed by atoms with van der Waals surface area (Å²) in [5.41, 5.74) is 0. The third-order valence-electron chi connectivity index (χ3n) is 1.94. The first-order valence-corrected chi connectivity index (χ1v) is 4.80. The number of rotatable bonds is 6. The normalized spacial score (nSPS) is 11.9. The summed E-state index contributed by atoms with van der Waals surface area (Å²) in [6.45, 7) is 4.64. The minimum absolute atomic E-state index is 0.385. The zero-order chi connectivity index (χ0) is 11.8. The molecule has 0 unspecified atom stereocenters. The van der Waals surface area contributed by atoms with E-state index in [0.717, 1.165) is 0 Å². The summed E-state index contributed by atoms with van der Waals surface area (Å²) in [4.78, 5) is 23.5. The monoisotopic (exact) mass is 218 g/mol. The molecule has 0 rings (SSSR count). The van der Waals surface area contributed by atoms with Crippen LogP contribution in [0.1, 0.15) is 13.8 Å². The van der Waals surface area contributed by atoms with E-state index in [0.29, 0.717) is 19.7 Å². The lowest BCUT2D eigenvalue weighted by atomic mass is 10.3. The van der Waals surface area contributed by atoms with Gasteiger partial charge in [-0.05, 0) is 13.8 Å². The fraction of sp³-hybridized carbons (Fsp3) is 0.778. The van der Waals surface area contributed by atoms with E-state index < -0.39 is 12.0 Å². The van der Waals surface area contributed by atoms with Gasteiger partial charge in [-0.3, -0.25) is 4.79 Å². The van der Waals surface area contributed by atoms with Crippen molar-refractivity contribution in [2.45, 2.75) is 19.9 Å². The van der Waals surface area contributed by atoms with E-state index in [1.54, 1.807) is 7.11 Å². The molecule has 1 atom stereocenters. The Balaban J connectivity index is 4.09. The first kappa shape index (κ1) is 13.7. The van der Waals surface area contributed by atoms with E-state index in [1.807, 2.05) is 6.92 Å². The van der Waals surface area contributed by atoms with Gasteiger partial charge in [0.2, 0.25) is 0 Å². The van der Waals surface area contributed by atoms with Crippen molar-refractivity contribution in [3.63, 3.8) is 0 Å². The molecule has 0 aliphatic heterocycles. The number of hydrogen-bond acceptors (Lipinski definition) is 3. The van der Waals surface area contributed by atoms with Crippen LogP contribution in [0.5, 0.6) is 0 Å². The second-order valence-electron chi connectivity index (χ2n) is 3.08. The highest BCUT2D eigenvalue weighted by molar-refractivity contribution is 5.82. The maximum atomic E-state index is 11.5. The third-order valence-corrected chi connectivity index (χ3v) is 1.94. The SMILES string of the molecule is CCN(CCOC)C(=O)N[C@H](C)C(=O)O. The lowest BCUT2D eigenvalue weighted by Crippen LogP contribution is -2.47. The summed E-state index contributed by atoms with van der Waals surface area (Å²) in [5.74, 6) is -1.05. The second kappa shape index (κ2) is 7.05. The molecule has 0 aliphatic rings. The van der Waals surface area contributed by atoms with Gasteiger partial charge in [0.1, 0.15) is 6.04 Å². The number of likely N-dealkylation sites (N-methyl/N-ethyl adjacent to an activating group) is 1. The molecular formula is C9H18N2O4. The lowest BCUT2D eigenvalue weighted by molar-refractivity contribution is -0.138. The summed E-state index contributed by atoms with van der Waals surface area (Å²) >= 11 is 0. The number of urea groups is 1. The Bertz CT molecular complexity index is 220. The predicted octanol–water partition coefficient (Wildman–Crippen LogP) is 0.137. The van der Waals surface area contributed by atoms with Crippen molar-refractivity contribution in [1.29, 1.82) is 0 Å². The summed E-state index contributed by atoms with van der Waals surface area (Å²) in [6.07, 6.45) is 0. The fourth-order valence-corrected chi connectivity index (χ4v) is 0.943. The van der Waals surface area contributed by atoms with Crippen LogP contribution in [0, 0.1) is 0 Å². The maximum absolute atomic E-state index is 11.5. The van der Waals surface area contributed by atoms with Gasteiger partial charge in [-0.1, -0.05) is 0 Å². The van der Waals surface area contributed by atoms with E-state index in [2.05, 4.69) is 5.32 Å². The minimum atomic E-state index is -1.05. The van der Waals surface area contributed by atoms with Gasteiger partial charge in [-0.25, -0.2) is 4.79 Å². The van der Waals surface area contributed by atoms with Crippen LogP contribution in [0.3, 0.4) is 0 Å². The second-order valence-corrected chi connectivity index (χ2v) is 3.08. The molecule has 0 fully saturated rings. The number of ether oxygens (including phenoxy) is 1. The molecule has 0 aromatic heterocycles. The number of carboxylic acid groups (broad SMARTS) is 1. The van der Waals surface area contributed by atoms with E-state index in [4.69, 9.17) is 9.84 Å². The molecule has 2 amide bonds. The number of nitrogens with one attached hydrogen (secondary N) is 1. The molecule has 2 N–H and O–H groups in total. The smallest absolute Gasteiger partial charge is 0.325 e.